The number of hydrogen-bond donors (Lipinski definition) is 1. The second kappa shape index (κ2) is 5.11. The van der Waals surface area contributed by atoms with Gasteiger partial charge in [0.15, 0.2) is 5.65 Å². The summed E-state index contributed by atoms with van der Waals surface area (Å²) in [6.07, 6.45) is 1.78. The van der Waals surface area contributed by atoms with Crippen LogP contribution in [-0.2, 0) is 6.54 Å². The minimum atomic E-state index is 0.555. The van der Waals surface area contributed by atoms with Crippen LogP contribution in [0.1, 0.15) is 0 Å². The topological polar surface area (TPSA) is 56.7 Å². The maximum absolute atomic E-state index is 5.71. The zero-order chi connectivity index (χ0) is 13.2. The average molecular weight is 317 g/mol. The third kappa shape index (κ3) is 2.15. The molecule has 0 radical (unpaired) electrons. The predicted octanol–water partition coefficient (Wildman–Crippen LogP) is 2.82. The van der Waals surface area contributed by atoms with Gasteiger partial charge in [-0.15, -0.1) is 0 Å². The molecule has 0 atom stereocenters. The number of rotatable bonds is 3. The van der Waals surface area contributed by atoms with Crippen molar-refractivity contribution in [1.82, 2.24) is 14.5 Å². The number of pyridine rings is 1. The van der Waals surface area contributed by atoms with Crippen LogP contribution in [0.3, 0.4) is 0 Å². The van der Waals surface area contributed by atoms with E-state index in [4.69, 9.17) is 5.73 Å². The maximum atomic E-state index is 5.71. The van der Waals surface area contributed by atoms with Crippen LogP contribution in [0, 0.1) is 0 Å². The van der Waals surface area contributed by atoms with Gasteiger partial charge in [0.1, 0.15) is 11.3 Å². The van der Waals surface area contributed by atoms with Crippen molar-refractivity contribution in [2.24, 2.45) is 5.73 Å². The van der Waals surface area contributed by atoms with Gasteiger partial charge in [0.05, 0.1) is 0 Å². The van der Waals surface area contributed by atoms with E-state index in [2.05, 4.69) is 30.5 Å². The number of hydrogen-bond acceptors (Lipinski definition) is 3. The van der Waals surface area contributed by atoms with Gasteiger partial charge >= 0.3 is 0 Å². The van der Waals surface area contributed by atoms with Crippen LogP contribution in [0.5, 0.6) is 0 Å². The number of imidazole rings is 1. The Morgan fingerprint density at radius 3 is 2.79 bits per heavy atom. The van der Waals surface area contributed by atoms with Crippen LogP contribution < -0.4 is 5.73 Å². The highest BCUT2D eigenvalue weighted by atomic mass is 79.9. The summed E-state index contributed by atoms with van der Waals surface area (Å²) in [5, 5.41) is 0. The second-order valence-electron chi connectivity index (χ2n) is 4.20. The molecule has 2 heterocycles. The van der Waals surface area contributed by atoms with Gasteiger partial charge in [-0.1, -0.05) is 34.1 Å². The van der Waals surface area contributed by atoms with E-state index in [1.54, 1.807) is 6.20 Å². The maximum Gasteiger partial charge on any atom is 0.160 e. The standard InChI is InChI=1S/C14H13BrN4/c15-11-5-2-1-4-10(11)13-18-12-6-3-8-17-14(12)19(13)9-7-16/h1-6,8H,7,9,16H2. The number of nitrogens with zero attached hydrogens (tertiary/aromatic N) is 3. The van der Waals surface area contributed by atoms with Crippen molar-refractivity contribution >= 4 is 27.1 Å². The Labute approximate surface area is 119 Å². The molecule has 96 valence electrons. The van der Waals surface area contributed by atoms with Crippen molar-refractivity contribution < 1.29 is 0 Å². The van der Waals surface area contributed by atoms with Gasteiger partial charge in [-0.25, -0.2) is 9.97 Å². The lowest BCUT2D eigenvalue weighted by atomic mass is 10.2. The molecule has 0 spiro atoms. The van der Waals surface area contributed by atoms with E-state index in [9.17, 15) is 0 Å². The molecule has 0 bridgehead atoms. The molecule has 0 saturated carbocycles. The Balaban J connectivity index is 2.28. The van der Waals surface area contributed by atoms with Crippen molar-refractivity contribution in [2.45, 2.75) is 6.54 Å². The first-order chi connectivity index (χ1) is 9.31. The summed E-state index contributed by atoms with van der Waals surface area (Å²) < 4.78 is 3.08. The summed E-state index contributed by atoms with van der Waals surface area (Å²) in [5.74, 6) is 0.895. The molecule has 1 aromatic carbocycles. The molecule has 4 nitrogen and oxygen atoms in total. The summed E-state index contributed by atoms with van der Waals surface area (Å²) in [4.78, 5) is 9.08. The van der Waals surface area contributed by atoms with E-state index in [0.717, 1.165) is 27.0 Å². The highest BCUT2D eigenvalue weighted by Crippen LogP contribution is 2.29. The number of halogens is 1. The van der Waals surface area contributed by atoms with Crippen LogP contribution in [0.15, 0.2) is 47.1 Å². The molecule has 0 aliphatic heterocycles. The van der Waals surface area contributed by atoms with Crippen molar-refractivity contribution in [3.8, 4) is 11.4 Å². The molecule has 0 amide bonds. The highest BCUT2D eigenvalue weighted by Gasteiger charge is 2.14. The molecule has 2 N–H and O–H groups in total. The molecule has 19 heavy (non-hydrogen) atoms. The third-order valence-corrected chi connectivity index (χ3v) is 3.66. The minimum absolute atomic E-state index is 0.555. The molecule has 3 aromatic rings. The largest absolute Gasteiger partial charge is 0.329 e. The van der Waals surface area contributed by atoms with E-state index in [0.29, 0.717) is 13.1 Å². The monoisotopic (exact) mass is 316 g/mol. The quantitative estimate of drug-likeness (QED) is 0.808. The molecule has 2 aromatic heterocycles. The molecule has 0 saturated heterocycles. The summed E-state index contributed by atoms with van der Waals surface area (Å²) in [5.41, 5.74) is 8.52. The van der Waals surface area contributed by atoms with E-state index in [1.807, 2.05) is 36.4 Å². The van der Waals surface area contributed by atoms with Gasteiger partial charge < -0.3 is 10.3 Å². The fraction of sp³-hybridized carbons (Fsp3) is 0.143. The van der Waals surface area contributed by atoms with Crippen LogP contribution in [-0.4, -0.2) is 21.1 Å². The molecule has 3 rings (SSSR count). The molecule has 5 heteroatoms. The smallest absolute Gasteiger partial charge is 0.160 e. The molecular weight excluding hydrogens is 304 g/mol. The van der Waals surface area contributed by atoms with Gasteiger partial charge in [0, 0.05) is 29.3 Å². The molecule has 0 unspecified atom stereocenters. The van der Waals surface area contributed by atoms with Gasteiger partial charge in [0.2, 0.25) is 0 Å². The third-order valence-electron chi connectivity index (χ3n) is 2.97. The highest BCUT2D eigenvalue weighted by molar-refractivity contribution is 9.10. The van der Waals surface area contributed by atoms with Crippen molar-refractivity contribution in [3.05, 3.63) is 47.1 Å². The van der Waals surface area contributed by atoms with E-state index < -0.39 is 0 Å². The van der Waals surface area contributed by atoms with E-state index in [-0.39, 0.29) is 0 Å². The van der Waals surface area contributed by atoms with Crippen LogP contribution in [0.2, 0.25) is 0 Å². The second-order valence-corrected chi connectivity index (χ2v) is 5.06. The first kappa shape index (κ1) is 12.3. The lowest BCUT2D eigenvalue weighted by molar-refractivity contribution is 0.729. The van der Waals surface area contributed by atoms with Crippen molar-refractivity contribution in [2.75, 3.05) is 6.54 Å². The lowest BCUT2D eigenvalue weighted by Gasteiger charge is -2.08. The predicted molar refractivity (Wildman–Crippen MR) is 79.7 cm³/mol. The Morgan fingerprint density at radius 1 is 1.16 bits per heavy atom. The first-order valence-corrected chi connectivity index (χ1v) is 6.87. The zero-order valence-corrected chi connectivity index (χ0v) is 11.8. The molecular formula is C14H13BrN4. The van der Waals surface area contributed by atoms with Crippen LogP contribution >= 0.6 is 15.9 Å². The first-order valence-electron chi connectivity index (χ1n) is 6.07. The summed E-state index contributed by atoms with van der Waals surface area (Å²) in [6, 6.07) is 11.9. The van der Waals surface area contributed by atoms with Gasteiger partial charge in [0.25, 0.3) is 0 Å². The summed E-state index contributed by atoms with van der Waals surface area (Å²) >= 11 is 3.57. The van der Waals surface area contributed by atoms with Gasteiger partial charge in [-0.05, 0) is 18.2 Å². The number of benzene rings is 1. The number of nitrogens with two attached hydrogens (primary N) is 1. The Morgan fingerprint density at radius 2 is 2.00 bits per heavy atom. The minimum Gasteiger partial charge on any atom is -0.329 e. The number of aromatic nitrogens is 3. The average Bonchev–Trinajstić information content (AvgIpc) is 2.79. The summed E-state index contributed by atoms with van der Waals surface area (Å²) in [6.45, 7) is 1.25. The van der Waals surface area contributed by atoms with Crippen molar-refractivity contribution in [3.63, 3.8) is 0 Å². The fourth-order valence-corrected chi connectivity index (χ4v) is 2.61. The number of fused-ring (bicyclic) bond motifs is 1. The van der Waals surface area contributed by atoms with Crippen LogP contribution in [0.4, 0.5) is 0 Å². The van der Waals surface area contributed by atoms with Crippen LogP contribution in [0.25, 0.3) is 22.6 Å². The lowest BCUT2D eigenvalue weighted by Crippen LogP contribution is -2.11. The van der Waals surface area contributed by atoms with Gasteiger partial charge in [-0.3, -0.25) is 0 Å². The Bertz CT molecular complexity index is 720. The van der Waals surface area contributed by atoms with E-state index in [1.165, 1.54) is 0 Å². The fourth-order valence-electron chi connectivity index (χ4n) is 2.15. The summed E-state index contributed by atoms with van der Waals surface area (Å²) in [7, 11) is 0. The van der Waals surface area contributed by atoms with E-state index >= 15 is 0 Å². The molecule has 0 aliphatic rings. The molecule has 0 aliphatic carbocycles. The normalized spacial score (nSPS) is 11.1. The van der Waals surface area contributed by atoms with Crippen molar-refractivity contribution in [1.29, 1.82) is 0 Å². The zero-order valence-electron chi connectivity index (χ0n) is 10.3. The SMILES string of the molecule is NCCn1c(-c2ccccc2Br)nc2cccnc21. The Hall–Kier alpha value is -1.72. The molecule has 0 fully saturated rings. The van der Waals surface area contributed by atoms with Gasteiger partial charge in [-0.2, -0.15) is 0 Å². The Kier molecular flexibility index (Phi) is 3.31.